The Labute approximate surface area is 227 Å². The van der Waals surface area contributed by atoms with Gasteiger partial charge in [0.05, 0.1) is 19.3 Å². The number of rotatable bonds is 8. The predicted molar refractivity (Wildman–Crippen MR) is 154 cm³/mol. The number of hydrogen-bond acceptors (Lipinski definition) is 6. The number of methoxy groups -OCH3 is 1. The van der Waals surface area contributed by atoms with Gasteiger partial charge in [-0.25, -0.2) is 0 Å². The molecule has 6 heteroatoms. The van der Waals surface area contributed by atoms with Gasteiger partial charge in [-0.3, -0.25) is 0 Å². The van der Waals surface area contributed by atoms with E-state index in [0.29, 0.717) is 18.5 Å². The molecule has 1 aromatic heterocycles. The molecule has 0 spiro atoms. The molecule has 0 aliphatic carbocycles. The van der Waals surface area contributed by atoms with Gasteiger partial charge in [0.25, 0.3) is 0 Å². The standard InChI is InChI=1S/C32H41N3O3/c1-24-21-34(22-25(2)38-24)29-19-31(33-32(20-29)37-23-27-13-15-30(36-3)16-14-27)35-17-9-5-8-12-28(35)18-26-10-6-4-7-11-26/h4,6-7,10-11,13-16,19-20,24-25,28H,5,8-9,12,17-18,21-23H2,1-3H3/t24-,25-,28?/m1/s1. The van der Waals surface area contributed by atoms with E-state index in [-0.39, 0.29) is 12.2 Å². The Bertz CT molecular complexity index is 1140. The van der Waals surface area contributed by atoms with Gasteiger partial charge in [-0.1, -0.05) is 55.3 Å². The third-order valence-corrected chi connectivity index (χ3v) is 7.59. The molecule has 0 radical (unpaired) electrons. The first-order valence-electron chi connectivity index (χ1n) is 14.1. The largest absolute Gasteiger partial charge is 0.497 e. The lowest BCUT2D eigenvalue weighted by Crippen LogP contribution is -2.45. The minimum atomic E-state index is 0.183. The van der Waals surface area contributed by atoms with Crippen molar-refractivity contribution in [2.45, 2.75) is 70.8 Å². The number of pyridine rings is 1. The molecule has 38 heavy (non-hydrogen) atoms. The third kappa shape index (κ3) is 6.79. The van der Waals surface area contributed by atoms with Gasteiger partial charge in [0.15, 0.2) is 0 Å². The van der Waals surface area contributed by atoms with Crippen molar-refractivity contribution in [3.8, 4) is 11.6 Å². The normalized spacial score (nSPS) is 22.1. The number of ether oxygens (including phenoxy) is 3. The van der Waals surface area contributed by atoms with E-state index in [9.17, 15) is 0 Å². The zero-order valence-corrected chi connectivity index (χ0v) is 23.0. The summed E-state index contributed by atoms with van der Waals surface area (Å²) in [6.07, 6.45) is 6.28. The maximum absolute atomic E-state index is 6.33. The van der Waals surface area contributed by atoms with E-state index in [0.717, 1.165) is 48.9 Å². The summed E-state index contributed by atoms with van der Waals surface area (Å²) in [7, 11) is 1.68. The first-order valence-corrected chi connectivity index (χ1v) is 14.1. The maximum Gasteiger partial charge on any atom is 0.217 e. The van der Waals surface area contributed by atoms with E-state index < -0.39 is 0 Å². The minimum absolute atomic E-state index is 0.183. The molecule has 3 aromatic rings. The molecule has 3 heterocycles. The fraction of sp³-hybridized carbons (Fsp3) is 0.469. The Balaban J connectivity index is 1.44. The Morgan fingerprint density at radius 3 is 2.39 bits per heavy atom. The first kappa shape index (κ1) is 26.4. The van der Waals surface area contributed by atoms with Crippen LogP contribution >= 0.6 is 0 Å². The summed E-state index contributed by atoms with van der Waals surface area (Å²) in [5.74, 6) is 2.53. The van der Waals surface area contributed by atoms with Crippen LogP contribution in [0.5, 0.6) is 11.6 Å². The summed E-state index contributed by atoms with van der Waals surface area (Å²) in [6.45, 7) is 7.50. The zero-order valence-electron chi connectivity index (χ0n) is 23.0. The van der Waals surface area contributed by atoms with Gasteiger partial charge in [-0.05, 0) is 56.4 Å². The van der Waals surface area contributed by atoms with Crippen molar-refractivity contribution in [1.29, 1.82) is 0 Å². The smallest absolute Gasteiger partial charge is 0.217 e. The molecule has 202 valence electrons. The van der Waals surface area contributed by atoms with E-state index >= 15 is 0 Å². The van der Waals surface area contributed by atoms with Crippen LogP contribution in [0, 0.1) is 0 Å². The second kappa shape index (κ2) is 12.5. The number of aromatic nitrogens is 1. The lowest BCUT2D eigenvalue weighted by atomic mass is 10.0. The van der Waals surface area contributed by atoms with Crippen molar-refractivity contribution in [2.24, 2.45) is 0 Å². The molecule has 5 rings (SSSR count). The maximum atomic E-state index is 6.33. The Kier molecular flexibility index (Phi) is 8.69. The average Bonchev–Trinajstić information content (AvgIpc) is 3.17. The van der Waals surface area contributed by atoms with Gasteiger partial charge in [0, 0.05) is 43.5 Å². The highest BCUT2D eigenvalue weighted by molar-refractivity contribution is 5.59. The molecular weight excluding hydrogens is 474 g/mol. The minimum Gasteiger partial charge on any atom is -0.497 e. The van der Waals surface area contributed by atoms with Crippen LogP contribution in [0.25, 0.3) is 0 Å². The van der Waals surface area contributed by atoms with Crippen LogP contribution in [-0.4, -0.2) is 50.0 Å². The molecule has 2 fully saturated rings. The van der Waals surface area contributed by atoms with Crippen molar-refractivity contribution >= 4 is 11.5 Å². The molecule has 2 saturated heterocycles. The number of benzene rings is 2. The van der Waals surface area contributed by atoms with Crippen LogP contribution in [0.1, 0.15) is 50.7 Å². The van der Waals surface area contributed by atoms with Gasteiger partial charge in [-0.15, -0.1) is 0 Å². The van der Waals surface area contributed by atoms with Crippen LogP contribution in [-0.2, 0) is 17.8 Å². The Morgan fingerprint density at radius 1 is 0.895 bits per heavy atom. The van der Waals surface area contributed by atoms with Gasteiger partial charge in [-0.2, -0.15) is 4.98 Å². The molecule has 0 N–H and O–H groups in total. The summed E-state index contributed by atoms with van der Waals surface area (Å²) in [5, 5.41) is 0. The molecule has 2 aromatic carbocycles. The van der Waals surface area contributed by atoms with Crippen molar-refractivity contribution in [3.63, 3.8) is 0 Å². The van der Waals surface area contributed by atoms with Gasteiger partial charge >= 0.3 is 0 Å². The quantitative estimate of drug-likeness (QED) is 0.352. The fourth-order valence-corrected chi connectivity index (χ4v) is 5.73. The topological polar surface area (TPSA) is 47.1 Å². The summed E-state index contributed by atoms with van der Waals surface area (Å²) in [5.41, 5.74) is 3.63. The monoisotopic (exact) mass is 515 g/mol. The first-order chi connectivity index (χ1) is 18.6. The summed E-state index contributed by atoms with van der Waals surface area (Å²) in [4.78, 5) is 10.1. The lowest BCUT2D eigenvalue weighted by Gasteiger charge is -2.38. The molecule has 2 aliphatic heterocycles. The second-order valence-corrected chi connectivity index (χ2v) is 10.7. The number of anilines is 2. The van der Waals surface area contributed by atoms with Crippen molar-refractivity contribution < 1.29 is 14.2 Å². The molecule has 6 nitrogen and oxygen atoms in total. The summed E-state index contributed by atoms with van der Waals surface area (Å²) >= 11 is 0. The Morgan fingerprint density at radius 2 is 1.66 bits per heavy atom. The second-order valence-electron chi connectivity index (χ2n) is 10.7. The highest BCUT2D eigenvalue weighted by Crippen LogP contribution is 2.32. The lowest BCUT2D eigenvalue weighted by molar-refractivity contribution is -0.00523. The van der Waals surface area contributed by atoms with Crippen molar-refractivity contribution in [3.05, 3.63) is 77.9 Å². The van der Waals surface area contributed by atoms with Crippen LogP contribution < -0.4 is 19.3 Å². The third-order valence-electron chi connectivity index (χ3n) is 7.59. The van der Waals surface area contributed by atoms with E-state index in [1.807, 2.05) is 24.3 Å². The molecule has 1 unspecified atom stereocenters. The van der Waals surface area contributed by atoms with E-state index in [1.54, 1.807) is 7.11 Å². The highest BCUT2D eigenvalue weighted by Gasteiger charge is 2.27. The van der Waals surface area contributed by atoms with E-state index in [1.165, 1.54) is 31.2 Å². The van der Waals surface area contributed by atoms with E-state index in [2.05, 4.69) is 66.1 Å². The zero-order chi connectivity index (χ0) is 26.3. The molecule has 0 saturated carbocycles. The molecule has 0 amide bonds. The average molecular weight is 516 g/mol. The van der Waals surface area contributed by atoms with Gasteiger partial charge in [0.1, 0.15) is 18.2 Å². The molecule has 2 aliphatic rings. The van der Waals surface area contributed by atoms with Crippen molar-refractivity contribution in [2.75, 3.05) is 36.5 Å². The predicted octanol–water partition coefficient (Wildman–Crippen LogP) is 6.27. The Hall–Kier alpha value is -3.25. The van der Waals surface area contributed by atoms with Gasteiger partial charge < -0.3 is 24.0 Å². The van der Waals surface area contributed by atoms with E-state index in [4.69, 9.17) is 19.2 Å². The van der Waals surface area contributed by atoms with Crippen LogP contribution in [0.15, 0.2) is 66.7 Å². The van der Waals surface area contributed by atoms with Crippen LogP contribution in [0.4, 0.5) is 11.5 Å². The summed E-state index contributed by atoms with van der Waals surface area (Å²) < 4.78 is 17.7. The molecule has 0 bridgehead atoms. The van der Waals surface area contributed by atoms with Crippen LogP contribution in [0.2, 0.25) is 0 Å². The molecular formula is C32H41N3O3. The summed E-state index contributed by atoms with van der Waals surface area (Å²) in [6, 6.07) is 23.7. The molecule has 3 atom stereocenters. The number of morpholine rings is 1. The van der Waals surface area contributed by atoms with Crippen LogP contribution in [0.3, 0.4) is 0 Å². The number of nitrogens with zero attached hydrogens (tertiary/aromatic N) is 3. The fourth-order valence-electron chi connectivity index (χ4n) is 5.73. The van der Waals surface area contributed by atoms with Gasteiger partial charge in [0.2, 0.25) is 5.88 Å². The van der Waals surface area contributed by atoms with Crippen molar-refractivity contribution in [1.82, 2.24) is 4.98 Å². The SMILES string of the molecule is COc1ccc(COc2cc(N3C[C@@H](C)O[C@H](C)C3)cc(N3CCCCCC3Cc3ccccc3)n2)cc1. The highest BCUT2D eigenvalue weighted by atomic mass is 16.5. The number of hydrogen-bond donors (Lipinski definition) is 0.